The molecule has 1 saturated carbocycles. The van der Waals surface area contributed by atoms with E-state index >= 15 is 0 Å². The summed E-state index contributed by atoms with van der Waals surface area (Å²) >= 11 is 5.99. The van der Waals surface area contributed by atoms with Crippen LogP contribution in [0.25, 0.3) is 0 Å². The number of rotatable bonds is 2. The second-order valence-corrected chi connectivity index (χ2v) is 5.35. The van der Waals surface area contributed by atoms with Gasteiger partial charge >= 0.3 is 0 Å². The molecule has 2 unspecified atom stereocenters. The monoisotopic (exact) mass is 238 g/mol. The van der Waals surface area contributed by atoms with Gasteiger partial charge in [0.15, 0.2) is 0 Å². The van der Waals surface area contributed by atoms with Gasteiger partial charge in [-0.2, -0.15) is 0 Å². The summed E-state index contributed by atoms with van der Waals surface area (Å²) in [7, 11) is 0. The Labute approximate surface area is 102 Å². The van der Waals surface area contributed by atoms with E-state index in [0.717, 1.165) is 31.2 Å². The molecular weight excluding hydrogens is 220 g/mol. The van der Waals surface area contributed by atoms with Crippen LogP contribution in [0.2, 0.25) is 5.02 Å². The SMILES string of the molecule is CCC1CCCC(O)(c2cccc(Cl)c2)C1. The third-order valence-electron chi connectivity index (χ3n) is 3.77. The summed E-state index contributed by atoms with van der Waals surface area (Å²) in [6.45, 7) is 2.20. The van der Waals surface area contributed by atoms with Crippen LogP contribution >= 0.6 is 11.6 Å². The average molecular weight is 239 g/mol. The Morgan fingerprint density at radius 2 is 2.31 bits per heavy atom. The van der Waals surface area contributed by atoms with Crippen molar-refractivity contribution in [1.82, 2.24) is 0 Å². The lowest BCUT2D eigenvalue weighted by molar-refractivity contribution is -0.0217. The zero-order valence-electron chi connectivity index (χ0n) is 9.75. The molecule has 1 aromatic rings. The smallest absolute Gasteiger partial charge is 0.0899 e. The minimum absolute atomic E-state index is 0.649. The molecule has 1 nitrogen and oxygen atoms in total. The van der Waals surface area contributed by atoms with E-state index in [-0.39, 0.29) is 0 Å². The molecule has 1 aliphatic rings. The van der Waals surface area contributed by atoms with E-state index in [1.54, 1.807) is 0 Å². The lowest BCUT2D eigenvalue weighted by atomic mass is 9.73. The number of halogens is 1. The predicted octanol–water partition coefficient (Wildman–Crippen LogP) is 4.13. The molecular formula is C14H19ClO. The van der Waals surface area contributed by atoms with Gasteiger partial charge in [-0.05, 0) is 42.9 Å². The second-order valence-electron chi connectivity index (χ2n) is 4.91. The van der Waals surface area contributed by atoms with Crippen molar-refractivity contribution < 1.29 is 5.11 Å². The van der Waals surface area contributed by atoms with Crippen molar-refractivity contribution in [1.29, 1.82) is 0 Å². The van der Waals surface area contributed by atoms with Crippen molar-refractivity contribution in [3.05, 3.63) is 34.9 Å². The van der Waals surface area contributed by atoms with Gasteiger partial charge in [0.1, 0.15) is 0 Å². The van der Waals surface area contributed by atoms with Crippen LogP contribution in [0.1, 0.15) is 44.6 Å². The number of aliphatic hydroxyl groups is 1. The lowest BCUT2D eigenvalue weighted by Crippen LogP contribution is -2.32. The Kier molecular flexibility index (Phi) is 3.56. The van der Waals surface area contributed by atoms with Gasteiger partial charge in [-0.3, -0.25) is 0 Å². The first-order chi connectivity index (χ1) is 7.64. The van der Waals surface area contributed by atoms with Crippen LogP contribution in [0, 0.1) is 5.92 Å². The minimum atomic E-state index is -0.649. The summed E-state index contributed by atoms with van der Waals surface area (Å²) in [6.07, 6.45) is 5.26. The quantitative estimate of drug-likeness (QED) is 0.822. The van der Waals surface area contributed by atoms with Crippen molar-refractivity contribution in [3.63, 3.8) is 0 Å². The summed E-state index contributed by atoms with van der Waals surface area (Å²) in [6, 6.07) is 7.67. The van der Waals surface area contributed by atoms with Crippen molar-refractivity contribution in [2.24, 2.45) is 5.92 Å². The molecule has 0 spiro atoms. The van der Waals surface area contributed by atoms with Gasteiger partial charge < -0.3 is 5.11 Å². The van der Waals surface area contributed by atoms with E-state index in [0.29, 0.717) is 10.9 Å². The van der Waals surface area contributed by atoms with Gasteiger partial charge in [-0.1, -0.05) is 43.5 Å². The Morgan fingerprint density at radius 3 is 3.00 bits per heavy atom. The Morgan fingerprint density at radius 1 is 1.50 bits per heavy atom. The lowest BCUT2D eigenvalue weighted by Gasteiger charge is -2.37. The first-order valence-electron chi connectivity index (χ1n) is 6.12. The first-order valence-corrected chi connectivity index (χ1v) is 6.50. The molecule has 0 bridgehead atoms. The van der Waals surface area contributed by atoms with Crippen LogP contribution in [0.5, 0.6) is 0 Å². The van der Waals surface area contributed by atoms with Crippen molar-refractivity contribution in [2.45, 2.75) is 44.6 Å². The molecule has 16 heavy (non-hydrogen) atoms. The molecule has 0 saturated heterocycles. The average Bonchev–Trinajstić information content (AvgIpc) is 2.29. The third-order valence-corrected chi connectivity index (χ3v) is 4.00. The predicted molar refractivity (Wildman–Crippen MR) is 67.6 cm³/mol. The standard InChI is InChI=1S/C14H19ClO/c1-2-11-5-4-8-14(16,10-11)12-6-3-7-13(15)9-12/h3,6-7,9,11,16H,2,4-5,8,10H2,1H3. The molecule has 1 aromatic carbocycles. The molecule has 1 aliphatic carbocycles. The largest absolute Gasteiger partial charge is 0.385 e. The summed E-state index contributed by atoms with van der Waals surface area (Å²) in [5.74, 6) is 0.651. The van der Waals surface area contributed by atoms with E-state index in [2.05, 4.69) is 6.92 Å². The van der Waals surface area contributed by atoms with E-state index in [4.69, 9.17) is 11.6 Å². The van der Waals surface area contributed by atoms with Crippen molar-refractivity contribution in [2.75, 3.05) is 0 Å². The fourth-order valence-electron chi connectivity index (χ4n) is 2.75. The van der Waals surface area contributed by atoms with Gasteiger partial charge in [-0.25, -0.2) is 0 Å². The van der Waals surface area contributed by atoms with Crippen molar-refractivity contribution >= 4 is 11.6 Å². The van der Waals surface area contributed by atoms with Crippen LogP contribution in [0.3, 0.4) is 0 Å². The number of hydrogen-bond acceptors (Lipinski definition) is 1. The molecule has 0 amide bonds. The van der Waals surface area contributed by atoms with Crippen LogP contribution in [0.15, 0.2) is 24.3 Å². The topological polar surface area (TPSA) is 20.2 Å². The summed E-state index contributed by atoms with van der Waals surface area (Å²) < 4.78 is 0. The van der Waals surface area contributed by atoms with Gasteiger partial charge in [0.05, 0.1) is 5.60 Å². The highest BCUT2D eigenvalue weighted by molar-refractivity contribution is 6.30. The molecule has 0 aromatic heterocycles. The maximum absolute atomic E-state index is 10.7. The van der Waals surface area contributed by atoms with Crippen molar-refractivity contribution in [3.8, 4) is 0 Å². The molecule has 88 valence electrons. The normalized spacial score (nSPS) is 30.3. The minimum Gasteiger partial charge on any atom is -0.385 e. The van der Waals surface area contributed by atoms with E-state index < -0.39 is 5.60 Å². The zero-order valence-corrected chi connectivity index (χ0v) is 10.5. The van der Waals surface area contributed by atoms with Crippen LogP contribution in [0.4, 0.5) is 0 Å². The van der Waals surface area contributed by atoms with E-state index in [1.807, 2.05) is 24.3 Å². The highest BCUT2D eigenvalue weighted by Gasteiger charge is 2.35. The summed E-state index contributed by atoms with van der Waals surface area (Å²) in [4.78, 5) is 0. The fourth-order valence-corrected chi connectivity index (χ4v) is 2.94. The van der Waals surface area contributed by atoms with Crippen LogP contribution < -0.4 is 0 Å². The summed E-state index contributed by atoms with van der Waals surface area (Å²) in [5, 5.41) is 11.4. The van der Waals surface area contributed by atoms with Crippen LogP contribution in [-0.4, -0.2) is 5.11 Å². The van der Waals surface area contributed by atoms with E-state index in [1.165, 1.54) is 6.42 Å². The highest BCUT2D eigenvalue weighted by atomic mass is 35.5. The maximum atomic E-state index is 10.7. The molecule has 1 fully saturated rings. The van der Waals surface area contributed by atoms with Crippen LogP contribution in [-0.2, 0) is 5.60 Å². The molecule has 2 heteroatoms. The molecule has 0 aliphatic heterocycles. The zero-order chi connectivity index (χ0) is 11.6. The summed E-state index contributed by atoms with van der Waals surface area (Å²) in [5.41, 5.74) is 0.335. The Bertz CT molecular complexity index is 364. The number of benzene rings is 1. The second kappa shape index (κ2) is 4.77. The Balaban J connectivity index is 2.23. The fraction of sp³-hybridized carbons (Fsp3) is 0.571. The first kappa shape index (κ1) is 11.9. The maximum Gasteiger partial charge on any atom is 0.0899 e. The number of hydrogen-bond donors (Lipinski definition) is 1. The van der Waals surface area contributed by atoms with Gasteiger partial charge in [0.2, 0.25) is 0 Å². The molecule has 0 radical (unpaired) electrons. The van der Waals surface area contributed by atoms with Gasteiger partial charge in [0, 0.05) is 5.02 Å². The van der Waals surface area contributed by atoms with Gasteiger partial charge in [0.25, 0.3) is 0 Å². The Hall–Kier alpha value is -0.530. The van der Waals surface area contributed by atoms with Gasteiger partial charge in [-0.15, -0.1) is 0 Å². The van der Waals surface area contributed by atoms with E-state index in [9.17, 15) is 5.11 Å². The highest BCUT2D eigenvalue weighted by Crippen LogP contribution is 2.41. The molecule has 0 heterocycles. The third kappa shape index (κ3) is 2.41. The molecule has 2 atom stereocenters. The molecule has 1 N–H and O–H groups in total. The molecule has 2 rings (SSSR count).